The molecule has 144 valence electrons. The summed E-state index contributed by atoms with van der Waals surface area (Å²) in [7, 11) is 0. The van der Waals surface area contributed by atoms with E-state index in [1.165, 1.54) is 12.1 Å². The maximum absolute atomic E-state index is 13.8. The molecule has 0 saturated carbocycles. The minimum atomic E-state index is -0.561. The van der Waals surface area contributed by atoms with Crippen LogP contribution in [0.3, 0.4) is 0 Å². The van der Waals surface area contributed by atoms with Crippen molar-refractivity contribution in [3.05, 3.63) is 78.4 Å². The summed E-state index contributed by atoms with van der Waals surface area (Å²) in [5.74, 6) is 0.356. The van der Waals surface area contributed by atoms with Gasteiger partial charge in [-0.05, 0) is 42.5 Å². The number of ether oxygens (including phenoxy) is 2. The fourth-order valence-corrected chi connectivity index (χ4v) is 3.25. The zero-order valence-corrected chi connectivity index (χ0v) is 15.3. The molecule has 0 saturated heterocycles. The number of anilines is 1. The number of hydrogen-bond acceptors (Lipinski definition) is 4. The zero-order valence-electron chi connectivity index (χ0n) is 15.3. The maximum atomic E-state index is 13.8. The minimum Gasteiger partial charge on any atom is -0.486 e. The van der Waals surface area contributed by atoms with Crippen molar-refractivity contribution in [2.75, 3.05) is 18.5 Å². The van der Waals surface area contributed by atoms with Crippen LogP contribution >= 0.6 is 0 Å². The van der Waals surface area contributed by atoms with Gasteiger partial charge in [0.2, 0.25) is 0 Å². The Morgan fingerprint density at radius 3 is 2.69 bits per heavy atom. The summed E-state index contributed by atoms with van der Waals surface area (Å²) in [5, 5.41) is 2.72. The van der Waals surface area contributed by atoms with Crippen molar-refractivity contribution in [1.29, 1.82) is 0 Å². The van der Waals surface area contributed by atoms with Gasteiger partial charge in [0.1, 0.15) is 24.7 Å². The van der Waals surface area contributed by atoms with Gasteiger partial charge in [0.05, 0.1) is 16.9 Å². The van der Waals surface area contributed by atoms with E-state index in [1.54, 1.807) is 30.5 Å². The van der Waals surface area contributed by atoms with Crippen LogP contribution in [0.1, 0.15) is 10.4 Å². The fraction of sp³-hybridized carbons (Fsp3) is 0.0909. The number of pyridine rings is 1. The number of benzene rings is 2. The van der Waals surface area contributed by atoms with Crippen LogP contribution in [-0.2, 0) is 0 Å². The van der Waals surface area contributed by atoms with Gasteiger partial charge in [-0.15, -0.1) is 0 Å². The second-order valence-electron chi connectivity index (χ2n) is 6.60. The molecule has 0 atom stereocenters. The number of amides is 1. The first-order chi connectivity index (χ1) is 14.2. The van der Waals surface area contributed by atoms with Gasteiger partial charge in [-0.25, -0.2) is 9.37 Å². The van der Waals surface area contributed by atoms with Crippen LogP contribution < -0.4 is 14.8 Å². The quantitative estimate of drug-likeness (QED) is 0.571. The number of imidazole rings is 1. The first kappa shape index (κ1) is 17.2. The number of carbonyl (C=O) groups excluding carboxylic acids is 1. The van der Waals surface area contributed by atoms with E-state index in [0.29, 0.717) is 24.7 Å². The number of nitrogens with zero attached hydrogens (tertiary/aromatic N) is 2. The molecule has 29 heavy (non-hydrogen) atoms. The Balaban J connectivity index is 1.43. The van der Waals surface area contributed by atoms with Crippen molar-refractivity contribution < 1.29 is 18.7 Å². The summed E-state index contributed by atoms with van der Waals surface area (Å²) < 4.78 is 26.8. The van der Waals surface area contributed by atoms with Crippen molar-refractivity contribution in [1.82, 2.24) is 9.38 Å². The molecule has 0 fully saturated rings. The smallest absolute Gasteiger partial charge is 0.258 e. The predicted octanol–water partition coefficient (Wildman–Crippen LogP) is 4.16. The molecule has 4 aromatic rings. The van der Waals surface area contributed by atoms with E-state index >= 15 is 0 Å². The molecule has 1 aliphatic rings. The molecule has 3 heterocycles. The van der Waals surface area contributed by atoms with Gasteiger partial charge in [-0.2, -0.15) is 0 Å². The van der Waals surface area contributed by atoms with Crippen molar-refractivity contribution in [2.24, 2.45) is 0 Å². The Morgan fingerprint density at radius 1 is 1.00 bits per heavy atom. The summed E-state index contributed by atoms with van der Waals surface area (Å²) in [5.41, 5.74) is 2.92. The number of hydrogen-bond donors (Lipinski definition) is 1. The monoisotopic (exact) mass is 389 g/mol. The largest absolute Gasteiger partial charge is 0.486 e. The summed E-state index contributed by atoms with van der Waals surface area (Å²) in [6.07, 6.45) is 3.60. The van der Waals surface area contributed by atoms with Crippen LogP contribution in [0.15, 0.2) is 67.0 Å². The van der Waals surface area contributed by atoms with Gasteiger partial charge in [0.15, 0.2) is 11.5 Å². The maximum Gasteiger partial charge on any atom is 0.258 e. The first-order valence-corrected chi connectivity index (χ1v) is 9.12. The lowest BCUT2D eigenvalue weighted by molar-refractivity contribution is 0.102. The lowest BCUT2D eigenvalue weighted by Crippen LogP contribution is -2.15. The Labute approximate surface area is 165 Å². The Morgan fingerprint density at radius 2 is 1.83 bits per heavy atom. The second-order valence-corrected chi connectivity index (χ2v) is 6.60. The zero-order chi connectivity index (χ0) is 19.8. The van der Waals surface area contributed by atoms with Gasteiger partial charge in [-0.3, -0.25) is 4.79 Å². The molecule has 2 aromatic heterocycles. The van der Waals surface area contributed by atoms with E-state index in [2.05, 4.69) is 10.3 Å². The average molecular weight is 389 g/mol. The summed E-state index contributed by atoms with van der Waals surface area (Å²) >= 11 is 0. The molecule has 0 aliphatic carbocycles. The SMILES string of the molecule is O=C(Nc1ccc2nc(-c3ccc4c(c3)OCCO4)cn2c1)c1ccccc1F. The number of nitrogens with one attached hydrogen (secondary N) is 1. The molecule has 7 heteroatoms. The van der Waals surface area contributed by atoms with Crippen LogP contribution in [-0.4, -0.2) is 28.5 Å². The Kier molecular flexibility index (Phi) is 4.13. The van der Waals surface area contributed by atoms with Crippen molar-refractivity contribution in [2.45, 2.75) is 0 Å². The third-order valence-corrected chi connectivity index (χ3v) is 4.67. The lowest BCUT2D eigenvalue weighted by Gasteiger charge is -2.18. The van der Waals surface area contributed by atoms with Gasteiger partial charge in [0.25, 0.3) is 5.91 Å². The van der Waals surface area contributed by atoms with Crippen molar-refractivity contribution in [3.8, 4) is 22.8 Å². The number of rotatable bonds is 3. The van der Waals surface area contributed by atoms with E-state index in [1.807, 2.05) is 28.8 Å². The Bertz CT molecular complexity index is 1240. The summed E-state index contributed by atoms with van der Waals surface area (Å²) in [4.78, 5) is 17.0. The molecule has 2 aromatic carbocycles. The number of halogens is 1. The van der Waals surface area contributed by atoms with Crippen LogP contribution in [0.4, 0.5) is 10.1 Å². The number of aromatic nitrogens is 2. The molecular weight excluding hydrogens is 373 g/mol. The molecule has 1 N–H and O–H groups in total. The molecule has 0 spiro atoms. The number of fused-ring (bicyclic) bond motifs is 2. The van der Waals surface area contributed by atoms with Crippen LogP contribution in [0.2, 0.25) is 0 Å². The molecule has 1 amide bonds. The van der Waals surface area contributed by atoms with E-state index in [4.69, 9.17) is 9.47 Å². The fourth-order valence-electron chi connectivity index (χ4n) is 3.25. The molecule has 6 nitrogen and oxygen atoms in total. The van der Waals surface area contributed by atoms with Gasteiger partial charge >= 0.3 is 0 Å². The molecule has 0 radical (unpaired) electrons. The highest BCUT2D eigenvalue weighted by atomic mass is 19.1. The van der Waals surface area contributed by atoms with E-state index in [0.717, 1.165) is 22.7 Å². The molecule has 5 rings (SSSR count). The standard InChI is InChI=1S/C22H16FN3O3/c23-17-4-2-1-3-16(17)22(27)24-15-6-8-21-25-18(13-26(21)12-15)14-5-7-19-20(11-14)29-10-9-28-19/h1-8,11-13H,9-10H2,(H,24,27). The van der Waals surface area contributed by atoms with E-state index < -0.39 is 11.7 Å². The van der Waals surface area contributed by atoms with Crippen molar-refractivity contribution >= 4 is 17.2 Å². The van der Waals surface area contributed by atoms with Crippen LogP contribution in [0.25, 0.3) is 16.9 Å². The topological polar surface area (TPSA) is 64.9 Å². The highest BCUT2D eigenvalue weighted by Gasteiger charge is 2.15. The highest BCUT2D eigenvalue weighted by Crippen LogP contribution is 2.34. The summed E-state index contributed by atoms with van der Waals surface area (Å²) in [6, 6.07) is 15.1. The van der Waals surface area contributed by atoms with Gasteiger partial charge in [0, 0.05) is 18.0 Å². The number of carbonyl (C=O) groups is 1. The molecule has 0 bridgehead atoms. The second kappa shape index (κ2) is 6.94. The third-order valence-electron chi connectivity index (χ3n) is 4.67. The molecule has 1 aliphatic heterocycles. The Hall–Kier alpha value is -3.87. The molecular formula is C22H16FN3O3. The van der Waals surface area contributed by atoms with Gasteiger partial charge in [-0.1, -0.05) is 12.1 Å². The first-order valence-electron chi connectivity index (χ1n) is 9.12. The summed E-state index contributed by atoms with van der Waals surface area (Å²) in [6.45, 7) is 1.06. The van der Waals surface area contributed by atoms with Crippen LogP contribution in [0, 0.1) is 5.82 Å². The molecule has 0 unspecified atom stereocenters. The third kappa shape index (κ3) is 3.27. The highest BCUT2D eigenvalue weighted by molar-refractivity contribution is 6.04. The lowest BCUT2D eigenvalue weighted by atomic mass is 10.1. The van der Waals surface area contributed by atoms with Crippen molar-refractivity contribution in [3.63, 3.8) is 0 Å². The van der Waals surface area contributed by atoms with Gasteiger partial charge < -0.3 is 19.2 Å². The average Bonchev–Trinajstić information content (AvgIpc) is 3.17. The van der Waals surface area contributed by atoms with Crippen LogP contribution in [0.5, 0.6) is 11.5 Å². The minimum absolute atomic E-state index is 0.00445. The van der Waals surface area contributed by atoms with E-state index in [9.17, 15) is 9.18 Å². The predicted molar refractivity (Wildman–Crippen MR) is 106 cm³/mol. The van der Waals surface area contributed by atoms with E-state index in [-0.39, 0.29) is 5.56 Å². The normalized spacial score (nSPS) is 12.7.